The molecule has 7 nitrogen and oxygen atoms in total. The van der Waals surface area contributed by atoms with Crippen molar-refractivity contribution in [2.75, 3.05) is 37.0 Å². The van der Waals surface area contributed by atoms with E-state index < -0.39 is 20.2 Å². The van der Waals surface area contributed by atoms with Gasteiger partial charge in [-0.25, -0.2) is 18.4 Å². The van der Waals surface area contributed by atoms with Crippen molar-refractivity contribution < 1.29 is 18.3 Å². The zero-order valence-electron chi connectivity index (χ0n) is 13.8. The minimum atomic E-state index is -3.91. The molecule has 2 aliphatic rings. The van der Waals surface area contributed by atoms with Gasteiger partial charge in [0.05, 0.1) is 30.1 Å². The Morgan fingerprint density at radius 1 is 1.40 bits per heavy atom. The second-order valence-electron chi connectivity index (χ2n) is 6.42. The van der Waals surface area contributed by atoms with Crippen LogP contribution >= 0.6 is 11.6 Å². The molecule has 25 heavy (non-hydrogen) atoms. The number of halogens is 1. The molecule has 3 rings (SSSR count). The Bertz CT molecular complexity index is 772. The van der Waals surface area contributed by atoms with Crippen molar-refractivity contribution in [1.82, 2.24) is 9.97 Å². The van der Waals surface area contributed by atoms with Crippen LogP contribution in [0.5, 0.6) is 0 Å². The Kier molecular flexibility index (Phi) is 4.83. The highest BCUT2D eigenvalue weighted by Gasteiger charge is 2.64. The highest BCUT2D eigenvalue weighted by Crippen LogP contribution is 2.57. The summed E-state index contributed by atoms with van der Waals surface area (Å²) in [7, 11) is -3.91. The van der Waals surface area contributed by atoms with Gasteiger partial charge in [0.25, 0.3) is 0 Å². The van der Waals surface area contributed by atoms with Gasteiger partial charge >= 0.3 is 0 Å². The molecule has 0 aromatic carbocycles. The summed E-state index contributed by atoms with van der Waals surface area (Å²) in [5.41, 5.74) is -0.679. The lowest BCUT2D eigenvalue weighted by molar-refractivity contribution is 0.121. The molecule has 1 radical (unpaired) electrons. The number of aromatic nitrogens is 2. The maximum atomic E-state index is 12.5. The van der Waals surface area contributed by atoms with Gasteiger partial charge < -0.3 is 14.7 Å². The fraction of sp³-hybridized carbons (Fsp3) is 0.562. The van der Waals surface area contributed by atoms with Crippen LogP contribution in [0.1, 0.15) is 18.5 Å². The Labute approximate surface area is 152 Å². The molecule has 0 amide bonds. The third kappa shape index (κ3) is 3.16. The zero-order valence-corrected chi connectivity index (χ0v) is 15.4. The van der Waals surface area contributed by atoms with Crippen molar-refractivity contribution >= 4 is 27.3 Å². The highest BCUT2D eigenvalue weighted by molar-refractivity contribution is 7.92. The average Bonchev–Trinajstić information content (AvgIpc) is 3.37. The van der Waals surface area contributed by atoms with E-state index in [-0.39, 0.29) is 11.0 Å². The van der Waals surface area contributed by atoms with Gasteiger partial charge in [0, 0.05) is 19.2 Å². The predicted octanol–water partition coefficient (Wildman–Crippen LogP) is 1.12. The zero-order chi connectivity index (χ0) is 18.3. The van der Waals surface area contributed by atoms with Crippen LogP contribution in [0.25, 0.3) is 0 Å². The van der Waals surface area contributed by atoms with Gasteiger partial charge in [-0.2, -0.15) is 0 Å². The molecule has 1 aromatic rings. The minimum Gasteiger partial charge on any atom is -0.378 e. The fourth-order valence-corrected chi connectivity index (χ4v) is 4.84. The second kappa shape index (κ2) is 6.50. The van der Waals surface area contributed by atoms with E-state index in [1.165, 1.54) is 6.08 Å². The molecular formula is C16H21ClN3O4S. The summed E-state index contributed by atoms with van der Waals surface area (Å²) >= 11 is 6.08. The van der Waals surface area contributed by atoms with Crippen LogP contribution in [0.4, 0.5) is 5.82 Å². The van der Waals surface area contributed by atoms with E-state index in [2.05, 4.69) is 23.5 Å². The molecular weight excluding hydrogens is 366 g/mol. The van der Waals surface area contributed by atoms with Gasteiger partial charge in [0.1, 0.15) is 5.82 Å². The topological polar surface area (TPSA) is 92.6 Å². The van der Waals surface area contributed by atoms with E-state index in [1.807, 2.05) is 4.90 Å². The van der Waals surface area contributed by atoms with Crippen LogP contribution in [-0.2, 0) is 20.0 Å². The Balaban J connectivity index is 2.00. The number of ether oxygens (including phenoxy) is 1. The quantitative estimate of drug-likeness (QED) is 0.578. The van der Waals surface area contributed by atoms with Crippen molar-refractivity contribution in [3.8, 4) is 0 Å². The van der Waals surface area contributed by atoms with Crippen LogP contribution in [0, 0.1) is 6.92 Å². The first-order chi connectivity index (χ1) is 11.7. The van der Waals surface area contributed by atoms with E-state index in [0.717, 1.165) is 0 Å². The normalized spacial score (nSPS) is 22.3. The van der Waals surface area contributed by atoms with E-state index in [4.69, 9.17) is 16.3 Å². The van der Waals surface area contributed by atoms with Gasteiger partial charge in [-0.3, -0.25) is 0 Å². The smallest absolute Gasteiger partial charge is 0.224 e. The summed E-state index contributed by atoms with van der Waals surface area (Å²) in [5, 5.41) is 10.8. The number of sulfone groups is 1. The fourth-order valence-electron chi connectivity index (χ4n) is 3.17. The third-order valence-electron chi connectivity index (χ3n) is 4.86. The van der Waals surface area contributed by atoms with Crippen molar-refractivity contribution in [1.29, 1.82) is 0 Å². The Hall–Kier alpha value is -1.22. The van der Waals surface area contributed by atoms with Crippen molar-refractivity contribution in [2.24, 2.45) is 0 Å². The molecule has 0 bridgehead atoms. The maximum absolute atomic E-state index is 12.5. The standard InChI is InChI=1S/C16H21ClN3O4S/c1-3-10-25(22,23)15(2,21)16(4-5-16)12-11-13(19-14(17)18-12)20-6-8-24-9-7-20/h3,11,21H,1-2,4-10H2. The van der Waals surface area contributed by atoms with E-state index >= 15 is 0 Å². The van der Waals surface area contributed by atoms with Crippen LogP contribution < -0.4 is 4.90 Å². The van der Waals surface area contributed by atoms with Gasteiger partial charge in [0.2, 0.25) is 5.28 Å². The summed E-state index contributed by atoms with van der Waals surface area (Å²) in [6.45, 7) is 9.53. The Morgan fingerprint density at radius 2 is 2.04 bits per heavy atom. The first kappa shape index (κ1) is 18.6. The first-order valence-electron chi connectivity index (χ1n) is 8.02. The number of aliphatic hydroxyl groups is 1. The van der Waals surface area contributed by atoms with Crippen LogP contribution in [0.2, 0.25) is 5.28 Å². The van der Waals surface area contributed by atoms with E-state index in [1.54, 1.807) is 6.07 Å². The molecule has 1 unspecified atom stereocenters. The van der Waals surface area contributed by atoms with Crippen molar-refractivity contribution in [3.05, 3.63) is 36.6 Å². The molecule has 0 spiro atoms. The maximum Gasteiger partial charge on any atom is 0.224 e. The number of hydrogen-bond donors (Lipinski definition) is 1. The van der Waals surface area contributed by atoms with Gasteiger partial charge in [-0.05, 0) is 31.4 Å². The molecule has 2 heterocycles. The van der Waals surface area contributed by atoms with Gasteiger partial charge in [-0.1, -0.05) is 6.08 Å². The average molecular weight is 387 g/mol. The molecule has 1 aliphatic heterocycles. The SMILES string of the molecule is [CH2]C(O)(C1(c2cc(N3CCOCC3)nc(Cl)n2)CC1)S(=O)(=O)CC=C. The number of anilines is 1. The molecule has 1 N–H and O–H groups in total. The minimum absolute atomic E-state index is 0.0159. The molecule has 1 atom stereocenters. The van der Waals surface area contributed by atoms with Crippen LogP contribution in [0.3, 0.4) is 0 Å². The summed E-state index contributed by atoms with van der Waals surface area (Å²) in [5.74, 6) is 0.241. The number of nitrogens with zero attached hydrogens (tertiary/aromatic N) is 3. The molecule has 1 aliphatic carbocycles. The lowest BCUT2D eigenvalue weighted by Crippen LogP contribution is -2.48. The molecule has 1 aromatic heterocycles. The highest BCUT2D eigenvalue weighted by atomic mass is 35.5. The van der Waals surface area contributed by atoms with Gasteiger partial charge in [-0.15, -0.1) is 6.58 Å². The van der Waals surface area contributed by atoms with Crippen LogP contribution in [-0.4, -0.2) is 60.5 Å². The van der Waals surface area contributed by atoms with E-state index in [0.29, 0.717) is 50.7 Å². The van der Waals surface area contributed by atoms with Gasteiger partial charge in [0.15, 0.2) is 14.8 Å². The van der Waals surface area contributed by atoms with Crippen molar-refractivity contribution in [2.45, 2.75) is 23.2 Å². The lowest BCUT2D eigenvalue weighted by Gasteiger charge is -2.33. The number of morpholine rings is 1. The second-order valence-corrected chi connectivity index (χ2v) is 8.99. The van der Waals surface area contributed by atoms with E-state index in [9.17, 15) is 13.5 Å². The Morgan fingerprint density at radius 3 is 2.60 bits per heavy atom. The molecule has 1 saturated heterocycles. The summed E-state index contributed by atoms with van der Waals surface area (Å²) in [6, 6.07) is 1.70. The molecule has 2 fully saturated rings. The largest absolute Gasteiger partial charge is 0.378 e. The third-order valence-corrected chi connectivity index (χ3v) is 7.12. The summed E-state index contributed by atoms with van der Waals surface area (Å²) in [4.78, 5) is 8.24. The van der Waals surface area contributed by atoms with Crippen molar-refractivity contribution in [3.63, 3.8) is 0 Å². The monoisotopic (exact) mass is 386 g/mol. The number of hydrogen-bond acceptors (Lipinski definition) is 7. The summed E-state index contributed by atoms with van der Waals surface area (Å²) in [6.07, 6.45) is 2.16. The molecule has 9 heteroatoms. The number of rotatable bonds is 6. The first-order valence-corrected chi connectivity index (χ1v) is 10.1. The molecule has 1 saturated carbocycles. The summed E-state index contributed by atoms with van der Waals surface area (Å²) < 4.78 is 30.3. The molecule has 137 valence electrons. The predicted molar refractivity (Wildman–Crippen MR) is 95.3 cm³/mol. The van der Waals surface area contributed by atoms with Crippen LogP contribution in [0.15, 0.2) is 18.7 Å². The lowest BCUT2D eigenvalue weighted by atomic mass is 9.95.